The van der Waals surface area contributed by atoms with E-state index in [0.717, 1.165) is 0 Å². The highest BCUT2D eigenvalue weighted by molar-refractivity contribution is 7.12. The van der Waals surface area contributed by atoms with Crippen molar-refractivity contribution in [1.82, 2.24) is 15.2 Å². The molecule has 1 N–H and O–H groups in total. The van der Waals surface area contributed by atoms with E-state index in [4.69, 9.17) is 4.98 Å². The van der Waals surface area contributed by atoms with Crippen LogP contribution in [0.4, 0.5) is 0 Å². The molecular formula is C14H23N3S. The van der Waals surface area contributed by atoms with Gasteiger partial charge in [0.05, 0.1) is 10.7 Å². The van der Waals surface area contributed by atoms with E-state index in [0.29, 0.717) is 12.0 Å². The largest absolute Gasteiger partial charge is 0.309 e. The first-order chi connectivity index (χ1) is 8.74. The molecule has 3 rings (SSSR count). The lowest BCUT2D eigenvalue weighted by molar-refractivity contribution is 0.250. The monoisotopic (exact) mass is 265 g/mol. The molecule has 100 valence electrons. The third-order valence-corrected chi connectivity index (χ3v) is 5.63. The lowest BCUT2D eigenvalue weighted by atomic mass is 9.99. The molecule has 3 nitrogen and oxygen atoms in total. The predicted octanol–water partition coefficient (Wildman–Crippen LogP) is 2.69. The van der Waals surface area contributed by atoms with Crippen molar-refractivity contribution in [3.63, 3.8) is 0 Å². The number of rotatable bonds is 2. The van der Waals surface area contributed by atoms with Gasteiger partial charge in [-0.2, -0.15) is 0 Å². The molecule has 1 aromatic rings. The van der Waals surface area contributed by atoms with Crippen molar-refractivity contribution in [1.29, 1.82) is 0 Å². The minimum atomic E-state index is 0.581. The standard InChI is InChI=1S/C14H23N3S/c1-10-13(12-6-3-7-15-12)18-14(16-10)11-5-4-8-17(2)9-11/h11-12,15H,3-9H2,1-2H3. The summed E-state index contributed by atoms with van der Waals surface area (Å²) in [5.41, 5.74) is 1.27. The van der Waals surface area contributed by atoms with Crippen LogP contribution in [0.2, 0.25) is 0 Å². The zero-order valence-corrected chi connectivity index (χ0v) is 12.2. The molecule has 2 aliphatic rings. The number of hydrogen-bond acceptors (Lipinski definition) is 4. The number of nitrogens with zero attached hydrogens (tertiary/aromatic N) is 2. The van der Waals surface area contributed by atoms with Crippen LogP contribution in [0.5, 0.6) is 0 Å². The average Bonchev–Trinajstić information content (AvgIpc) is 2.97. The van der Waals surface area contributed by atoms with Crippen LogP contribution < -0.4 is 5.32 Å². The Morgan fingerprint density at radius 1 is 1.33 bits per heavy atom. The number of likely N-dealkylation sites (N-methyl/N-ethyl adjacent to an activating group) is 1. The normalized spacial score (nSPS) is 29.9. The second-order valence-electron chi connectivity index (χ2n) is 5.75. The Bertz CT molecular complexity index is 409. The topological polar surface area (TPSA) is 28.2 Å². The van der Waals surface area contributed by atoms with Crippen LogP contribution in [0.25, 0.3) is 0 Å². The second-order valence-corrected chi connectivity index (χ2v) is 6.81. The molecule has 4 heteroatoms. The average molecular weight is 265 g/mol. The fourth-order valence-electron chi connectivity index (χ4n) is 3.20. The van der Waals surface area contributed by atoms with Crippen molar-refractivity contribution < 1.29 is 0 Å². The van der Waals surface area contributed by atoms with E-state index in [1.165, 1.54) is 60.9 Å². The maximum Gasteiger partial charge on any atom is 0.0975 e. The number of piperidine rings is 1. The Balaban J connectivity index is 1.78. The third-order valence-electron chi connectivity index (χ3n) is 4.20. The molecular weight excluding hydrogens is 242 g/mol. The summed E-state index contributed by atoms with van der Waals surface area (Å²) in [5.74, 6) is 0.669. The number of hydrogen-bond donors (Lipinski definition) is 1. The van der Waals surface area contributed by atoms with Gasteiger partial charge in [-0.1, -0.05) is 0 Å². The van der Waals surface area contributed by atoms with Gasteiger partial charge in [0.15, 0.2) is 0 Å². The smallest absolute Gasteiger partial charge is 0.0975 e. The zero-order valence-electron chi connectivity index (χ0n) is 11.4. The van der Waals surface area contributed by atoms with E-state index in [1.54, 1.807) is 0 Å². The summed E-state index contributed by atoms with van der Waals surface area (Å²) < 4.78 is 0. The maximum absolute atomic E-state index is 4.87. The Hall–Kier alpha value is -0.450. The fraction of sp³-hybridized carbons (Fsp3) is 0.786. The van der Waals surface area contributed by atoms with Gasteiger partial charge >= 0.3 is 0 Å². The highest BCUT2D eigenvalue weighted by Gasteiger charge is 2.26. The van der Waals surface area contributed by atoms with Gasteiger partial charge in [0, 0.05) is 23.4 Å². The molecule has 0 saturated carbocycles. The first kappa shape index (κ1) is 12.6. The minimum absolute atomic E-state index is 0.581. The van der Waals surface area contributed by atoms with Gasteiger partial charge in [-0.05, 0) is 52.7 Å². The van der Waals surface area contributed by atoms with Gasteiger partial charge in [0.25, 0.3) is 0 Å². The molecule has 0 radical (unpaired) electrons. The van der Waals surface area contributed by atoms with Crippen molar-refractivity contribution in [2.75, 3.05) is 26.7 Å². The van der Waals surface area contributed by atoms with E-state index in [-0.39, 0.29) is 0 Å². The van der Waals surface area contributed by atoms with Crippen LogP contribution >= 0.6 is 11.3 Å². The summed E-state index contributed by atoms with van der Waals surface area (Å²) >= 11 is 1.97. The summed E-state index contributed by atoms with van der Waals surface area (Å²) in [4.78, 5) is 8.80. The Morgan fingerprint density at radius 2 is 2.22 bits per heavy atom. The highest BCUT2D eigenvalue weighted by Crippen LogP contribution is 2.36. The molecule has 2 saturated heterocycles. The number of thiazole rings is 1. The molecule has 2 fully saturated rings. The fourth-order valence-corrected chi connectivity index (χ4v) is 4.51. The molecule has 1 aromatic heterocycles. The van der Waals surface area contributed by atoms with E-state index < -0.39 is 0 Å². The predicted molar refractivity (Wildman–Crippen MR) is 76.3 cm³/mol. The number of likely N-dealkylation sites (tertiary alicyclic amines) is 1. The van der Waals surface area contributed by atoms with Crippen molar-refractivity contribution in [2.24, 2.45) is 0 Å². The van der Waals surface area contributed by atoms with Gasteiger partial charge in [-0.3, -0.25) is 0 Å². The summed E-state index contributed by atoms with van der Waals surface area (Å²) in [6.45, 7) is 5.79. The van der Waals surface area contributed by atoms with Crippen LogP contribution in [0.3, 0.4) is 0 Å². The summed E-state index contributed by atoms with van der Waals surface area (Å²) in [6, 6.07) is 0.581. The number of aromatic nitrogens is 1. The molecule has 0 aliphatic carbocycles. The summed E-state index contributed by atoms with van der Waals surface area (Å²) in [5, 5.41) is 4.98. The van der Waals surface area contributed by atoms with E-state index in [1.807, 2.05) is 11.3 Å². The van der Waals surface area contributed by atoms with Crippen LogP contribution in [0.1, 0.15) is 53.2 Å². The zero-order chi connectivity index (χ0) is 12.5. The lowest BCUT2D eigenvalue weighted by Gasteiger charge is -2.28. The van der Waals surface area contributed by atoms with E-state index in [2.05, 4.69) is 24.2 Å². The van der Waals surface area contributed by atoms with E-state index >= 15 is 0 Å². The van der Waals surface area contributed by atoms with Crippen LogP contribution in [0.15, 0.2) is 0 Å². The van der Waals surface area contributed by atoms with Gasteiger partial charge in [-0.25, -0.2) is 4.98 Å². The van der Waals surface area contributed by atoms with Crippen molar-refractivity contribution >= 4 is 11.3 Å². The quantitative estimate of drug-likeness (QED) is 0.891. The van der Waals surface area contributed by atoms with Crippen LogP contribution in [0, 0.1) is 6.92 Å². The minimum Gasteiger partial charge on any atom is -0.309 e. The molecule has 2 aliphatic heterocycles. The Kier molecular flexibility index (Phi) is 3.68. The van der Waals surface area contributed by atoms with Gasteiger partial charge in [-0.15, -0.1) is 11.3 Å². The van der Waals surface area contributed by atoms with Crippen LogP contribution in [-0.4, -0.2) is 36.6 Å². The number of aryl methyl sites for hydroxylation is 1. The molecule has 3 heterocycles. The molecule has 2 unspecified atom stereocenters. The highest BCUT2D eigenvalue weighted by atomic mass is 32.1. The Labute approximate surface area is 114 Å². The van der Waals surface area contributed by atoms with Gasteiger partial charge in [0.1, 0.15) is 0 Å². The number of nitrogens with one attached hydrogen (secondary N) is 1. The molecule has 2 atom stereocenters. The van der Waals surface area contributed by atoms with Gasteiger partial charge in [0.2, 0.25) is 0 Å². The van der Waals surface area contributed by atoms with Gasteiger partial charge < -0.3 is 10.2 Å². The molecule has 0 aromatic carbocycles. The maximum atomic E-state index is 4.87. The second kappa shape index (κ2) is 5.27. The summed E-state index contributed by atoms with van der Waals surface area (Å²) in [6.07, 6.45) is 5.22. The molecule has 18 heavy (non-hydrogen) atoms. The molecule has 0 amide bonds. The van der Waals surface area contributed by atoms with Crippen molar-refractivity contribution in [3.05, 3.63) is 15.6 Å². The molecule has 0 spiro atoms. The first-order valence-electron chi connectivity index (χ1n) is 7.13. The van der Waals surface area contributed by atoms with E-state index in [9.17, 15) is 0 Å². The van der Waals surface area contributed by atoms with Crippen molar-refractivity contribution in [2.45, 2.75) is 44.6 Å². The third kappa shape index (κ3) is 2.46. The van der Waals surface area contributed by atoms with Crippen molar-refractivity contribution in [3.8, 4) is 0 Å². The SMILES string of the molecule is Cc1nc(C2CCCN(C)C2)sc1C1CCCN1. The summed E-state index contributed by atoms with van der Waals surface area (Å²) in [7, 11) is 2.23. The first-order valence-corrected chi connectivity index (χ1v) is 7.95. The van der Waals surface area contributed by atoms with Crippen LogP contribution in [-0.2, 0) is 0 Å². The Morgan fingerprint density at radius 3 is 2.94 bits per heavy atom. The lowest BCUT2D eigenvalue weighted by Crippen LogP contribution is -2.30. The molecule has 0 bridgehead atoms.